The van der Waals surface area contributed by atoms with Crippen LogP contribution in [0.4, 0.5) is 15.2 Å². The van der Waals surface area contributed by atoms with E-state index in [4.69, 9.17) is 0 Å². The third kappa shape index (κ3) is 4.57. The van der Waals surface area contributed by atoms with Crippen molar-refractivity contribution in [3.63, 3.8) is 0 Å². The number of anilines is 2. The van der Waals surface area contributed by atoms with Crippen molar-refractivity contribution in [2.45, 2.75) is 4.90 Å². The molecule has 11 heteroatoms. The lowest BCUT2D eigenvalue weighted by atomic mass is 10.2. The number of carbonyl (C=O) groups excluding carboxylic acids is 1. The molecule has 3 heterocycles. The first-order valence-corrected chi connectivity index (χ1v) is 12.8. The molecule has 1 fully saturated rings. The summed E-state index contributed by atoms with van der Waals surface area (Å²) in [5, 5.41) is 0.876. The molecule has 1 saturated heterocycles. The fourth-order valence-electron chi connectivity index (χ4n) is 3.71. The highest BCUT2D eigenvalue weighted by molar-refractivity contribution is 7.92. The highest BCUT2D eigenvalue weighted by Gasteiger charge is 2.25. The first-order valence-electron chi connectivity index (χ1n) is 10.5. The van der Waals surface area contributed by atoms with E-state index in [2.05, 4.69) is 19.6 Å². The number of benzene rings is 2. The molecule has 0 bridgehead atoms. The fourth-order valence-corrected chi connectivity index (χ4v) is 5.77. The van der Waals surface area contributed by atoms with Gasteiger partial charge in [-0.25, -0.2) is 22.8 Å². The first kappa shape index (κ1) is 22.2. The number of aromatic nitrogens is 2. The Morgan fingerprint density at radius 3 is 2.50 bits per heavy atom. The Kier molecular flexibility index (Phi) is 5.88. The highest BCUT2D eigenvalue weighted by atomic mass is 32.2. The molecule has 4 aromatic rings. The van der Waals surface area contributed by atoms with Crippen LogP contribution >= 0.6 is 11.3 Å². The topological polar surface area (TPSA) is 95.5 Å². The van der Waals surface area contributed by atoms with Gasteiger partial charge < -0.3 is 9.80 Å². The SMILES string of the molecule is O=C(c1cccc(S(=O)(=O)Nc2ccc(F)cc2)c1)N1CCN(c2nc3cccnc3s2)CC1. The van der Waals surface area contributed by atoms with E-state index in [1.54, 1.807) is 17.2 Å². The van der Waals surface area contributed by atoms with Crippen LogP contribution in [-0.2, 0) is 10.0 Å². The number of sulfonamides is 1. The molecule has 5 rings (SSSR count). The number of hydrogen-bond donors (Lipinski definition) is 1. The number of rotatable bonds is 5. The third-order valence-corrected chi connectivity index (χ3v) is 7.90. The summed E-state index contributed by atoms with van der Waals surface area (Å²) in [6.07, 6.45) is 1.74. The van der Waals surface area contributed by atoms with Gasteiger partial charge in [0.15, 0.2) is 5.13 Å². The summed E-state index contributed by atoms with van der Waals surface area (Å²) >= 11 is 1.52. The molecule has 0 unspecified atom stereocenters. The predicted molar refractivity (Wildman–Crippen MR) is 129 cm³/mol. The summed E-state index contributed by atoms with van der Waals surface area (Å²) in [4.78, 5) is 26.7. The maximum atomic E-state index is 13.1. The van der Waals surface area contributed by atoms with Crippen LogP contribution in [-0.4, -0.2) is 55.4 Å². The van der Waals surface area contributed by atoms with E-state index in [1.165, 1.54) is 53.8 Å². The van der Waals surface area contributed by atoms with Gasteiger partial charge in [0.2, 0.25) is 0 Å². The van der Waals surface area contributed by atoms with Gasteiger partial charge in [0.05, 0.1) is 4.90 Å². The molecule has 1 aliphatic heterocycles. The number of nitrogens with zero attached hydrogens (tertiary/aromatic N) is 4. The van der Waals surface area contributed by atoms with Crippen LogP contribution in [0.5, 0.6) is 0 Å². The van der Waals surface area contributed by atoms with Gasteiger partial charge in [-0.1, -0.05) is 17.4 Å². The van der Waals surface area contributed by atoms with Crippen molar-refractivity contribution in [2.75, 3.05) is 35.8 Å². The molecule has 8 nitrogen and oxygen atoms in total. The second-order valence-corrected chi connectivity index (χ2v) is 10.4. The van der Waals surface area contributed by atoms with Crippen LogP contribution in [0.25, 0.3) is 10.3 Å². The van der Waals surface area contributed by atoms with Crippen molar-refractivity contribution in [3.05, 3.63) is 78.2 Å². The van der Waals surface area contributed by atoms with Crippen molar-refractivity contribution in [3.8, 4) is 0 Å². The van der Waals surface area contributed by atoms with Crippen LogP contribution in [0.3, 0.4) is 0 Å². The fraction of sp³-hybridized carbons (Fsp3) is 0.174. The number of pyridine rings is 1. The lowest BCUT2D eigenvalue weighted by Gasteiger charge is -2.34. The van der Waals surface area contributed by atoms with E-state index in [0.29, 0.717) is 31.7 Å². The average molecular weight is 498 g/mol. The molecular weight excluding hydrogens is 477 g/mol. The van der Waals surface area contributed by atoms with Gasteiger partial charge in [-0.05, 0) is 54.6 Å². The van der Waals surface area contributed by atoms with Crippen LogP contribution in [0, 0.1) is 5.82 Å². The van der Waals surface area contributed by atoms with Crippen LogP contribution in [0.2, 0.25) is 0 Å². The van der Waals surface area contributed by atoms with Gasteiger partial charge in [-0.15, -0.1) is 0 Å². The first-order chi connectivity index (χ1) is 16.4. The maximum absolute atomic E-state index is 13.1. The second-order valence-electron chi connectivity index (χ2n) is 7.74. The zero-order valence-electron chi connectivity index (χ0n) is 17.9. The Morgan fingerprint density at radius 1 is 1.00 bits per heavy atom. The Bertz CT molecular complexity index is 1420. The number of hydrogen-bond acceptors (Lipinski definition) is 7. The Hall–Kier alpha value is -3.57. The van der Waals surface area contributed by atoms with Crippen molar-refractivity contribution in [1.82, 2.24) is 14.9 Å². The molecule has 1 aliphatic rings. The number of halogens is 1. The van der Waals surface area contributed by atoms with Crippen LogP contribution < -0.4 is 9.62 Å². The standard InChI is InChI=1S/C23H20FN5O3S2/c24-17-6-8-18(9-7-17)27-34(31,32)19-4-1-3-16(15-19)22(30)28-11-13-29(14-12-28)23-26-20-5-2-10-25-21(20)33-23/h1-10,15,27H,11-14H2. The third-order valence-electron chi connectivity index (χ3n) is 5.48. The number of thiazole rings is 1. The number of piperazine rings is 1. The number of amides is 1. The molecule has 2 aromatic heterocycles. The van der Waals surface area contributed by atoms with E-state index >= 15 is 0 Å². The van der Waals surface area contributed by atoms with Gasteiger partial charge in [0, 0.05) is 43.6 Å². The summed E-state index contributed by atoms with van der Waals surface area (Å²) < 4.78 is 41.0. The summed E-state index contributed by atoms with van der Waals surface area (Å²) in [5.74, 6) is -0.695. The minimum Gasteiger partial charge on any atom is -0.344 e. The quantitative estimate of drug-likeness (QED) is 0.453. The number of nitrogens with one attached hydrogen (secondary N) is 1. The molecule has 0 radical (unpaired) electrons. The smallest absolute Gasteiger partial charge is 0.261 e. The van der Waals surface area contributed by atoms with Gasteiger partial charge in [-0.3, -0.25) is 9.52 Å². The lowest BCUT2D eigenvalue weighted by Crippen LogP contribution is -2.48. The Morgan fingerprint density at radius 2 is 1.76 bits per heavy atom. The summed E-state index contributed by atoms with van der Waals surface area (Å²) in [5.41, 5.74) is 1.38. The van der Waals surface area contributed by atoms with Gasteiger partial charge >= 0.3 is 0 Å². The number of fused-ring (bicyclic) bond motifs is 1. The molecule has 0 atom stereocenters. The molecule has 2 aromatic carbocycles. The Balaban J connectivity index is 1.27. The van der Waals surface area contributed by atoms with Crippen molar-refractivity contribution < 1.29 is 17.6 Å². The van der Waals surface area contributed by atoms with E-state index in [9.17, 15) is 17.6 Å². The van der Waals surface area contributed by atoms with Gasteiger partial charge in [0.1, 0.15) is 16.2 Å². The van der Waals surface area contributed by atoms with E-state index in [0.717, 1.165) is 15.5 Å². The summed E-state index contributed by atoms with van der Waals surface area (Å²) in [6, 6.07) is 14.7. The highest BCUT2D eigenvalue weighted by Crippen LogP contribution is 2.28. The lowest BCUT2D eigenvalue weighted by molar-refractivity contribution is 0.0746. The van der Waals surface area contributed by atoms with Crippen molar-refractivity contribution in [1.29, 1.82) is 0 Å². The summed E-state index contributed by atoms with van der Waals surface area (Å²) in [7, 11) is -3.93. The van der Waals surface area contributed by atoms with Crippen LogP contribution in [0.1, 0.15) is 10.4 Å². The minimum atomic E-state index is -3.93. The molecule has 1 N–H and O–H groups in total. The minimum absolute atomic E-state index is 0.0386. The maximum Gasteiger partial charge on any atom is 0.261 e. The van der Waals surface area contributed by atoms with Gasteiger partial charge in [0.25, 0.3) is 15.9 Å². The number of carbonyl (C=O) groups is 1. The largest absolute Gasteiger partial charge is 0.344 e. The molecular formula is C23H20FN5O3S2. The molecule has 0 aliphatic carbocycles. The second kappa shape index (κ2) is 8.99. The van der Waals surface area contributed by atoms with Gasteiger partial charge in [-0.2, -0.15) is 0 Å². The normalized spacial score (nSPS) is 14.4. The molecule has 0 saturated carbocycles. The van der Waals surface area contributed by atoms with E-state index in [1.807, 2.05) is 12.1 Å². The van der Waals surface area contributed by atoms with Crippen molar-refractivity contribution in [2.24, 2.45) is 0 Å². The molecule has 1 amide bonds. The Labute approximate surface area is 199 Å². The van der Waals surface area contributed by atoms with Crippen molar-refractivity contribution >= 4 is 48.4 Å². The van der Waals surface area contributed by atoms with Crippen LogP contribution in [0.15, 0.2) is 71.8 Å². The monoisotopic (exact) mass is 497 g/mol. The molecule has 174 valence electrons. The summed E-state index contributed by atoms with van der Waals surface area (Å²) in [6.45, 7) is 2.23. The molecule has 0 spiro atoms. The van der Waals surface area contributed by atoms with E-state index in [-0.39, 0.29) is 16.5 Å². The zero-order chi connectivity index (χ0) is 23.7. The molecule has 34 heavy (non-hydrogen) atoms. The predicted octanol–water partition coefficient (Wildman–Crippen LogP) is 3.59. The van der Waals surface area contributed by atoms with E-state index < -0.39 is 15.8 Å². The average Bonchev–Trinajstić information content (AvgIpc) is 3.29. The zero-order valence-corrected chi connectivity index (χ0v) is 19.5.